The number of hydrogen-bond donors (Lipinski definition) is 1. The summed E-state index contributed by atoms with van der Waals surface area (Å²) in [6.45, 7) is 5.44. The monoisotopic (exact) mass is 228 g/mol. The minimum absolute atomic E-state index is 0.104. The van der Waals surface area contributed by atoms with Crippen molar-refractivity contribution in [3.63, 3.8) is 0 Å². The minimum atomic E-state index is -0.635. The third-order valence-corrected chi connectivity index (χ3v) is 2.67. The second-order valence-corrected chi connectivity index (χ2v) is 4.16. The number of allylic oxidation sites excluding steroid dienone is 2. The zero-order valence-corrected chi connectivity index (χ0v) is 9.49. The van der Waals surface area contributed by atoms with Crippen LogP contribution in [-0.2, 0) is 4.79 Å². The Morgan fingerprint density at radius 3 is 2.35 bits per heavy atom. The molecule has 2 rings (SSSR count). The molecular formula is C14H12O3. The zero-order chi connectivity index (χ0) is 12.6. The molecule has 0 atom stereocenters. The molecule has 17 heavy (non-hydrogen) atoms. The summed E-state index contributed by atoms with van der Waals surface area (Å²) >= 11 is 0. The fourth-order valence-corrected chi connectivity index (χ4v) is 1.88. The number of hydrogen-bond acceptors (Lipinski definition) is 3. The summed E-state index contributed by atoms with van der Waals surface area (Å²) in [5.41, 5.74) is 1.56. The first-order chi connectivity index (χ1) is 8.02. The van der Waals surface area contributed by atoms with Gasteiger partial charge >= 0.3 is 0 Å². The van der Waals surface area contributed by atoms with Crippen LogP contribution in [-0.4, -0.2) is 16.7 Å². The van der Waals surface area contributed by atoms with Crippen molar-refractivity contribution >= 4 is 17.3 Å². The van der Waals surface area contributed by atoms with Crippen molar-refractivity contribution < 1.29 is 14.7 Å². The van der Waals surface area contributed by atoms with Gasteiger partial charge in [-0.2, -0.15) is 0 Å². The highest BCUT2D eigenvalue weighted by atomic mass is 16.3. The van der Waals surface area contributed by atoms with Gasteiger partial charge in [0.05, 0.1) is 5.57 Å². The lowest BCUT2D eigenvalue weighted by atomic mass is 9.86. The van der Waals surface area contributed by atoms with Crippen molar-refractivity contribution in [1.29, 1.82) is 0 Å². The van der Waals surface area contributed by atoms with Crippen molar-refractivity contribution in [2.45, 2.75) is 13.3 Å². The van der Waals surface area contributed by atoms with Crippen LogP contribution >= 0.6 is 0 Å². The maximum absolute atomic E-state index is 11.8. The topological polar surface area (TPSA) is 54.4 Å². The molecule has 0 spiro atoms. The lowest BCUT2D eigenvalue weighted by molar-refractivity contribution is -0.112. The van der Waals surface area contributed by atoms with E-state index in [1.165, 1.54) is 0 Å². The van der Waals surface area contributed by atoms with E-state index in [1.807, 2.05) is 0 Å². The fourth-order valence-electron chi connectivity index (χ4n) is 1.88. The third-order valence-electron chi connectivity index (χ3n) is 2.67. The van der Waals surface area contributed by atoms with Crippen molar-refractivity contribution in [2.24, 2.45) is 0 Å². The Labute approximate surface area is 99.1 Å². The Hall–Kier alpha value is -2.16. The van der Waals surface area contributed by atoms with Crippen LogP contribution in [0.2, 0.25) is 0 Å². The molecule has 0 heterocycles. The van der Waals surface area contributed by atoms with Crippen molar-refractivity contribution in [1.82, 2.24) is 0 Å². The van der Waals surface area contributed by atoms with E-state index < -0.39 is 11.6 Å². The molecule has 86 valence electrons. The van der Waals surface area contributed by atoms with Crippen LogP contribution in [0.15, 0.2) is 42.0 Å². The molecular weight excluding hydrogens is 216 g/mol. The van der Waals surface area contributed by atoms with Crippen LogP contribution in [0.5, 0.6) is 0 Å². The molecule has 3 nitrogen and oxygen atoms in total. The molecule has 0 saturated carbocycles. The van der Waals surface area contributed by atoms with E-state index in [0.29, 0.717) is 5.56 Å². The smallest absolute Gasteiger partial charge is 0.234 e. The second-order valence-electron chi connectivity index (χ2n) is 4.16. The summed E-state index contributed by atoms with van der Waals surface area (Å²) in [6, 6.07) is 6.56. The van der Waals surface area contributed by atoms with E-state index in [0.717, 1.165) is 5.57 Å². The second kappa shape index (κ2) is 4.01. The van der Waals surface area contributed by atoms with Gasteiger partial charge in [0.2, 0.25) is 11.6 Å². The molecule has 0 aromatic heterocycles. The van der Waals surface area contributed by atoms with Gasteiger partial charge < -0.3 is 5.11 Å². The van der Waals surface area contributed by atoms with Gasteiger partial charge in [0, 0.05) is 17.5 Å². The highest BCUT2D eigenvalue weighted by Gasteiger charge is 2.32. The molecule has 0 bridgehead atoms. The minimum Gasteiger partial charge on any atom is -0.507 e. The number of carbonyl (C=O) groups is 2. The quantitative estimate of drug-likeness (QED) is 0.625. The highest BCUT2D eigenvalue weighted by Crippen LogP contribution is 2.30. The van der Waals surface area contributed by atoms with Crippen LogP contribution in [0.4, 0.5) is 0 Å². The number of rotatable bonds is 2. The van der Waals surface area contributed by atoms with Gasteiger partial charge in [0.15, 0.2) is 0 Å². The molecule has 1 aliphatic carbocycles. The van der Waals surface area contributed by atoms with E-state index in [2.05, 4.69) is 6.58 Å². The molecule has 1 aromatic carbocycles. The van der Waals surface area contributed by atoms with Crippen molar-refractivity contribution in [3.05, 3.63) is 53.1 Å². The Morgan fingerprint density at radius 1 is 1.18 bits per heavy atom. The van der Waals surface area contributed by atoms with Crippen LogP contribution in [0, 0.1) is 0 Å². The number of carbonyl (C=O) groups excluding carboxylic acids is 2. The van der Waals surface area contributed by atoms with Gasteiger partial charge in [-0.1, -0.05) is 36.4 Å². The number of Topliss-reactive ketones (excluding diaryl/α,β-unsaturated/α-hetero) is 2. The maximum atomic E-state index is 11.8. The van der Waals surface area contributed by atoms with Crippen LogP contribution in [0.25, 0.3) is 5.76 Å². The van der Waals surface area contributed by atoms with Gasteiger partial charge in [0.25, 0.3) is 0 Å². The summed E-state index contributed by atoms with van der Waals surface area (Å²) < 4.78 is 0. The third kappa shape index (κ3) is 1.80. The van der Waals surface area contributed by atoms with Gasteiger partial charge in [-0.25, -0.2) is 0 Å². The first kappa shape index (κ1) is 11.3. The predicted octanol–water partition coefficient (Wildman–Crippen LogP) is 2.69. The lowest BCUT2D eigenvalue weighted by Crippen LogP contribution is -2.24. The number of aliphatic hydroxyl groups is 1. The van der Waals surface area contributed by atoms with Crippen molar-refractivity contribution in [3.8, 4) is 0 Å². The van der Waals surface area contributed by atoms with Crippen LogP contribution in [0.1, 0.15) is 29.3 Å². The van der Waals surface area contributed by atoms with Crippen LogP contribution < -0.4 is 0 Å². The number of fused-ring (bicyclic) bond motifs is 1. The summed E-state index contributed by atoms with van der Waals surface area (Å²) in [5.74, 6) is -1.30. The molecule has 0 unspecified atom stereocenters. The molecule has 0 amide bonds. The maximum Gasteiger partial charge on any atom is 0.234 e. The summed E-state index contributed by atoms with van der Waals surface area (Å²) in [6.07, 6.45) is 0.227. The Bertz CT molecular complexity index is 565. The molecule has 3 heteroatoms. The normalized spacial score (nSPS) is 14.9. The molecule has 0 radical (unpaired) electrons. The van der Waals surface area contributed by atoms with Crippen LogP contribution in [0.3, 0.4) is 0 Å². The van der Waals surface area contributed by atoms with Crippen molar-refractivity contribution in [2.75, 3.05) is 0 Å². The van der Waals surface area contributed by atoms with E-state index >= 15 is 0 Å². The van der Waals surface area contributed by atoms with Gasteiger partial charge in [-0.3, -0.25) is 9.59 Å². The molecule has 0 saturated heterocycles. The molecule has 1 aromatic rings. The largest absolute Gasteiger partial charge is 0.507 e. The first-order valence-electron chi connectivity index (χ1n) is 5.27. The summed E-state index contributed by atoms with van der Waals surface area (Å²) in [4.78, 5) is 23.7. The fraction of sp³-hybridized carbons (Fsp3) is 0.143. The Morgan fingerprint density at radius 2 is 1.76 bits per heavy atom. The summed E-state index contributed by atoms with van der Waals surface area (Å²) in [7, 11) is 0. The Kier molecular flexibility index (Phi) is 2.68. The zero-order valence-electron chi connectivity index (χ0n) is 9.49. The Balaban J connectivity index is 2.63. The number of benzene rings is 1. The average Bonchev–Trinajstić information content (AvgIpc) is 2.31. The molecule has 1 N–H and O–H groups in total. The van der Waals surface area contributed by atoms with Gasteiger partial charge in [-0.05, 0) is 6.92 Å². The van der Waals surface area contributed by atoms with Gasteiger partial charge in [-0.15, -0.1) is 0 Å². The molecule has 0 fully saturated rings. The van der Waals surface area contributed by atoms with E-state index in [-0.39, 0.29) is 23.3 Å². The SMILES string of the molecule is C=C(C)CC1=C(O)c2ccccc2C(=O)C1=O. The first-order valence-corrected chi connectivity index (χ1v) is 5.27. The molecule has 0 aliphatic heterocycles. The highest BCUT2D eigenvalue weighted by molar-refractivity contribution is 6.52. The number of aliphatic hydroxyl groups excluding tert-OH is 1. The van der Waals surface area contributed by atoms with E-state index in [1.54, 1.807) is 31.2 Å². The average molecular weight is 228 g/mol. The lowest BCUT2D eigenvalue weighted by Gasteiger charge is -2.17. The van der Waals surface area contributed by atoms with E-state index in [9.17, 15) is 14.7 Å². The molecule has 1 aliphatic rings. The summed E-state index contributed by atoms with van der Waals surface area (Å²) in [5, 5.41) is 10.0. The standard InChI is InChI=1S/C14H12O3/c1-8(2)7-11-12(15)9-5-3-4-6-10(9)13(16)14(11)17/h3-6,15H,1,7H2,2H3. The van der Waals surface area contributed by atoms with E-state index in [4.69, 9.17) is 0 Å². The predicted molar refractivity (Wildman–Crippen MR) is 64.8 cm³/mol. The van der Waals surface area contributed by atoms with Gasteiger partial charge in [0.1, 0.15) is 5.76 Å². The number of ketones is 2.